The lowest BCUT2D eigenvalue weighted by atomic mass is 10.1. The van der Waals surface area contributed by atoms with Crippen LogP contribution in [0.3, 0.4) is 0 Å². The SMILES string of the molecule is O=C(NC(c1nccs1)C1CC1)N1CCC(Oc2ccccc2Cl)CC1. The predicted octanol–water partition coefficient (Wildman–Crippen LogP) is 4.50. The third-order valence-corrected chi connectivity index (χ3v) is 6.12. The lowest BCUT2D eigenvalue weighted by Crippen LogP contribution is -2.47. The topological polar surface area (TPSA) is 54.5 Å². The molecule has 1 saturated heterocycles. The van der Waals surface area contributed by atoms with Gasteiger partial charge in [0.25, 0.3) is 0 Å². The number of nitrogens with zero attached hydrogens (tertiary/aromatic N) is 2. The number of urea groups is 1. The molecule has 2 aromatic rings. The van der Waals surface area contributed by atoms with Crippen molar-refractivity contribution in [1.29, 1.82) is 0 Å². The average Bonchev–Trinajstić information content (AvgIpc) is 3.35. The van der Waals surface area contributed by atoms with E-state index in [1.165, 1.54) is 0 Å². The zero-order valence-electron chi connectivity index (χ0n) is 14.4. The molecule has 1 aromatic heterocycles. The molecule has 2 heterocycles. The lowest BCUT2D eigenvalue weighted by molar-refractivity contribution is 0.109. The molecule has 4 rings (SSSR count). The fourth-order valence-electron chi connectivity index (χ4n) is 3.32. The molecule has 1 saturated carbocycles. The maximum Gasteiger partial charge on any atom is 0.317 e. The summed E-state index contributed by atoms with van der Waals surface area (Å²) >= 11 is 7.77. The van der Waals surface area contributed by atoms with Gasteiger partial charge in [0.2, 0.25) is 0 Å². The summed E-state index contributed by atoms with van der Waals surface area (Å²) in [6.07, 6.45) is 5.85. The Kier molecular flexibility index (Phi) is 5.31. The van der Waals surface area contributed by atoms with E-state index < -0.39 is 0 Å². The summed E-state index contributed by atoms with van der Waals surface area (Å²) in [5, 5.41) is 6.80. The third-order valence-electron chi connectivity index (χ3n) is 4.95. The minimum Gasteiger partial charge on any atom is -0.489 e. The Hall–Kier alpha value is -1.79. The van der Waals surface area contributed by atoms with Crippen molar-refractivity contribution in [2.24, 2.45) is 5.92 Å². The number of hydrogen-bond donors (Lipinski definition) is 1. The van der Waals surface area contributed by atoms with Gasteiger partial charge < -0.3 is 15.0 Å². The minimum absolute atomic E-state index is 0.00768. The Labute approximate surface area is 162 Å². The van der Waals surface area contributed by atoms with Crippen LogP contribution in [0.2, 0.25) is 5.02 Å². The van der Waals surface area contributed by atoms with Gasteiger partial charge >= 0.3 is 6.03 Å². The lowest BCUT2D eigenvalue weighted by Gasteiger charge is -2.33. The van der Waals surface area contributed by atoms with Gasteiger partial charge in [-0.15, -0.1) is 11.3 Å². The van der Waals surface area contributed by atoms with Gasteiger partial charge in [0.1, 0.15) is 16.9 Å². The number of carbonyl (C=O) groups excluding carboxylic acids is 1. The zero-order valence-corrected chi connectivity index (χ0v) is 16.0. The maximum atomic E-state index is 12.7. The van der Waals surface area contributed by atoms with Crippen molar-refractivity contribution >= 4 is 29.0 Å². The molecule has 2 amide bonds. The van der Waals surface area contributed by atoms with Gasteiger partial charge in [-0.2, -0.15) is 0 Å². The van der Waals surface area contributed by atoms with Crippen LogP contribution in [-0.2, 0) is 0 Å². The Balaban J connectivity index is 1.30. The van der Waals surface area contributed by atoms with Crippen LogP contribution >= 0.6 is 22.9 Å². The second kappa shape index (κ2) is 7.84. The molecule has 2 aliphatic rings. The first kappa shape index (κ1) is 17.6. The fourth-order valence-corrected chi connectivity index (χ4v) is 4.28. The van der Waals surface area contributed by atoms with Crippen LogP contribution in [0.1, 0.15) is 36.7 Å². The van der Waals surface area contributed by atoms with Gasteiger partial charge in [-0.05, 0) is 30.9 Å². The Morgan fingerprint density at radius 2 is 2.04 bits per heavy atom. The molecule has 0 bridgehead atoms. The quantitative estimate of drug-likeness (QED) is 0.816. The maximum absolute atomic E-state index is 12.7. The highest BCUT2D eigenvalue weighted by atomic mass is 35.5. The van der Waals surface area contributed by atoms with Crippen molar-refractivity contribution in [1.82, 2.24) is 15.2 Å². The van der Waals surface area contributed by atoms with Crippen LogP contribution in [0, 0.1) is 5.92 Å². The van der Waals surface area contributed by atoms with Crippen molar-refractivity contribution < 1.29 is 9.53 Å². The van der Waals surface area contributed by atoms with E-state index in [2.05, 4.69) is 10.3 Å². The molecule has 138 valence electrons. The molecule has 1 aromatic carbocycles. The molecule has 5 nitrogen and oxygen atoms in total. The van der Waals surface area contributed by atoms with Crippen molar-refractivity contribution in [2.45, 2.75) is 37.8 Å². The molecule has 1 atom stereocenters. The van der Waals surface area contributed by atoms with Crippen molar-refractivity contribution in [3.05, 3.63) is 45.9 Å². The number of hydrogen-bond acceptors (Lipinski definition) is 4. The van der Waals surface area contributed by atoms with Crippen LogP contribution in [0.5, 0.6) is 5.75 Å². The van der Waals surface area contributed by atoms with Crippen molar-refractivity contribution in [2.75, 3.05) is 13.1 Å². The van der Waals surface area contributed by atoms with E-state index in [4.69, 9.17) is 16.3 Å². The average molecular weight is 392 g/mol. The summed E-state index contributed by atoms with van der Waals surface area (Å²) < 4.78 is 6.00. The summed E-state index contributed by atoms with van der Waals surface area (Å²) in [4.78, 5) is 19.0. The standard InChI is InChI=1S/C19H22ClN3O2S/c20-15-3-1-2-4-16(15)25-14-7-10-23(11-8-14)19(24)22-17(13-5-6-13)18-21-9-12-26-18/h1-4,9,12-14,17H,5-8,10-11H2,(H,22,24). The number of thiazole rings is 1. The van der Waals surface area contributed by atoms with Gasteiger partial charge in [0.05, 0.1) is 11.1 Å². The van der Waals surface area contributed by atoms with E-state index in [9.17, 15) is 4.79 Å². The normalized spacial score (nSPS) is 19.2. The summed E-state index contributed by atoms with van der Waals surface area (Å²) in [6, 6.07) is 7.58. The molecule has 26 heavy (non-hydrogen) atoms. The minimum atomic E-state index is 0.00768. The molecular formula is C19H22ClN3O2S. The van der Waals surface area contributed by atoms with E-state index in [0.29, 0.717) is 24.0 Å². The monoisotopic (exact) mass is 391 g/mol. The van der Waals surface area contributed by atoms with Gasteiger partial charge in [-0.1, -0.05) is 23.7 Å². The first-order valence-electron chi connectivity index (χ1n) is 9.06. The second-order valence-corrected chi connectivity index (χ2v) is 8.20. The Bertz CT molecular complexity index is 743. The highest BCUT2D eigenvalue weighted by Gasteiger charge is 2.36. The number of benzene rings is 1. The molecule has 0 radical (unpaired) electrons. The van der Waals surface area contributed by atoms with Crippen molar-refractivity contribution in [3.8, 4) is 5.75 Å². The highest BCUT2D eigenvalue weighted by molar-refractivity contribution is 7.09. The summed E-state index contributed by atoms with van der Waals surface area (Å²) in [5.74, 6) is 1.25. The Morgan fingerprint density at radius 1 is 1.27 bits per heavy atom. The number of para-hydroxylation sites is 1. The predicted molar refractivity (Wildman–Crippen MR) is 103 cm³/mol. The van der Waals surface area contributed by atoms with Gasteiger partial charge in [-0.3, -0.25) is 0 Å². The van der Waals surface area contributed by atoms with Crippen LogP contribution in [-0.4, -0.2) is 35.1 Å². The van der Waals surface area contributed by atoms with Gasteiger partial charge in [-0.25, -0.2) is 9.78 Å². The number of likely N-dealkylation sites (tertiary alicyclic amines) is 1. The molecule has 7 heteroatoms. The van der Waals surface area contributed by atoms with Gasteiger partial charge in [0.15, 0.2) is 0 Å². The molecule has 2 fully saturated rings. The number of piperidine rings is 1. The van der Waals surface area contributed by atoms with Crippen LogP contribution in [0.25, 0.3) is 0 Å². The van der Waals surface area contributed by atoms with Crippen LogP contribution in [0.4, 0.5) is 4.79 Å². The summed E-state index contributed by atoms with van der Waals surface area (Å²) in [5.41, 5.74) is 0. The largest absolute Gasteiger partial charge is 0.489 e. The number of ether oxygens (including phenoxy) is 1. The molecule has 1 N–H and O–H groups in total. The van der Waals surface area contributed by atoms with E-state index in [-0.39, 0.29) is 18.2 Å². The van der Waals surface area contributed by atoms with E-state index >= 15 is 0 Å². The molecule has 0 spiro atoms. The smallest absolute Gasteiger partial charge is 0.317 e. The zero-order chi connectivity index (χ0) is 17.9. The number of carbonyl (C=O) groups is 1. The first-order valence-corrected chi connectivity index (χ1v) is 10.3. The highest BCUT2D eigenvalue weighted by Crippen LogP contribution is 2.41. The third kappa shape index (κ3) is 4.13. The van der Waals surface area contributed by atoms with Crippen molar-refractivity contribution in [3.63, 3.8) is 0 Å². The van der Waals surface area contributed by atoms with Crippen LogP contribution < -0.4 is 10.1 Å². The number of halogens is 1. The van der Waals surface area contributed by atoms with Gasteiger partial charge in [0, 0.05) is 37.5 Å². The molecule has 1 unspecified atom stereocenters. The van der Waals surface area contributed by atoms with Crippen LogP contribution in [0.15, 0.2) is 35.8 Å². The summed E-state index contributed by atoms with van der Waals surface area (Å²) in [7, 11) is 0. The fraction of sp³-hybridized carbons (Fsp3) is 0.474. The second-order valence-electron chi connectivity index (χ2n) is 6.87. The number of nitrogens with one attached hydrogen (secondary N) is 1. The summed E-state index contributed by atoms with van der Waals surface area (Å²) in [6.45, 7) is 1.38. The van der Waals surface area contributed by atoms with E-state index in [0.717, 1.165) is 36.4 Å². The van der Waals surface area contributed by atoms with E-state index in [1.54, 1.807) is 17.5 Å². The molecular weight excluding hydrogens is 370 g/mol. The van der Waals surface area contributed by atoms with E-state index in [1.807, 2.05) is 34.5 Å². The first-order chi connectivity index (χ1) is 12.7. The number of aromatic nitrogens is 1. The molecule has 1 aliphatic carbocycles. The number of amides is 2. The Morgan fingerprint density at radius 3 is 2.69 bits per heavy atom. The molecule has 1 aliphatic heterocycles. The number of rotatable bonds is 5.